The van der Waals surface area contributed by atoms with E-state index in [9.17, 15) is 19.2 Å². The Labute approximate surface area is 148 Å². The molecular weight excluding hydrogens is 338 g/mol. The average molecular weight is 357 g/mol. The van der Waals surface area contributed by atoms with Gasteiger partial charge in [-0.25, -0.2) is 4.79 Å². The molecule has 1 aliphatic heterocycles. The first-order chi connectivity index (χ1) is 12.5. The minimum absolute atomic E-state index is 0.0896. The summed E-state index contributed by atoms with van der Waals surface area (Å²) in [5, 5.41) is 2.63. The van der Waals surface area contributed by atoms with Crippen LogP contribution < -0.4 is 16.7 Å². The lowest BCUT2D eigenvalue weighted by Gasteiger charge is -2.17. The minimum Gasteiger partial charge on any atom is -0.383 e. The second-order valence-electron chi connectivity index (χ2n) is 6.94. The number of nitrogens with one attached hydrogen (secondary N) is 1. The molecule has 2 bridgehead atoms. The predicted molar refractivity (Wildman–Crippen MR) is 90.4 cm³/mol. The van der Waals surface area contributed by atoms with Crippen LogP contribution in [0.2, 0.25) is 0 Å². The molecule has 2 fully saturated rings. The molecule has 136 valence electrons. The van der Waals surface area contributed by atoms with Gasteiger partial charge in [0.1, 0.15) is 12.4 Å². The summed E-state index contributed by atoms with van der Waals surface area (Å²) in [7, 11) is 0. The summed E-state index contributed by atoms with van der Waals surface area (Å²) in [6.07, 6.45) is 6.37. The first-order valence-electron chi connectivity index (χ1n) is 8.59. The largest absolute Gasteiger partial charge is 0.383 e. The molecule has 4 atom stereocenters. The van der Waals surface area contributed by atoms with E-state index in [2.05, 4.69) is 10.3 Å². The van der Waals surface area contributed by atoms with E-state index >= 15 is 0 Å². The number of rotatable bonds is 5. The highest BCUT2D eigenvalue weighted by Crippen LogP contribution is 2.52. The summed E-state index contributed by atoms with van der Waals surface area (Å²) >= 11 is 0. The van der Waals surface area contributed by atoms with E-state index in [1.807, 2.05) is 12.2 Å². The Balaban J connectivity index is 1.31. The van der Waals surface area contributed by atoms with Gasteiger partial charge in [0.15, 0.2) is 0 Å². The number of carbonyl (C=O) groups is 3. The number of hydrogen-bond donors (Lipinski definition) is 2. The van der Waals surface area contributed by atoms with Crippen LogP contribution in [0.5, 0.6) is 0 Å². The Hall–Kier alpha value is -2.97. The molecule has 4 rings (SSSR count). The number of likely N-dealkylation sites (tertiary alicyclic amines) is 1. The van der Waals surface area contributed by atoms with Gasteiger partial charge in [0.2, 0.25) is 17.7 Å². The van der Waals surface area contributed by atoms with Gasteiger partial charge in [0, 0.05) is 19.3 Å². The highest BCUT2D eigenvalue weighted by molar-refractivity contribution is 6.06. The van der Waals surface area contributed by atoms with E-state index in [1.54, 1.807) is 0 Å². The van der Waals surface area contributed by atoms with Gasteiger partial charge in [-0.2, -0.15) is 4.98 Å². The lowest BCUT2D eigenvalue weighted by atomic mass is 9.85. The van der Waals surface area contributed by atoms with Gasteiger partial charge in [-0.1, -0.05) is 12.2 Å². The molecule has 26 heavy (non-hydrogen) atoms. The van der Waals surface area contributed by atoms with Crippen molar-refractivity contribution in [2.45, 2.75) is 13.0 Å². The van der Waals surface area contributed by atoms with Crippen LogP contribution >= 0.6 is 0 Å². The van der Waals surface area contributed by atoms with Crippen molar-refractivity contribution in [2.24, 2.45) is 23.7 Å². The maximum absolute atomic E-state index is 12.5. The minimum atomic E-state index is -0.610. The Kier molecular flexibility index (Phi) is 3.86. The van der Waals surface area contributed by atoms with Crippen LogP contribution in [-0.4, -0.2) is 45.3 Å². The molecule has 0 aromatic carbocycles. The zero-order chi connectivity index (χ0) is 18.4. The molecule has 0 radical (unpaired) electrons. The number of hydrogen-bond acceptors (Lipinski definition) is 6. The number of amides is 3. The van der Waals surface area contributed by atoms with Crippen LogP contribution in [0.3, 0.4) is 0 Å². The van der Waals surface area contributed by atoms with Crippen LogP contribution in [0.1, 0.15) is 6.42 Å². The zero-order valence-corrected chi connectivity index (χ0v) is 14.0. The second-order valence-corrected chi connectivity index (χ2v) is 6.94. The van der Waals surface area contributed by atoms with Crippen LogP contribution in [0.25, 0.3) is 0 Å². The molecular formula is C17H19N5O4. The molecule has 9 heteroatoms. The third kappa shape index (κ3) is 2.59. The molecule has 1 saturated carbocycles. The molecule has 3 N–H and O–H groups in total. The van der Waals surface area contributed by atoms with Crippen molar-refractivity contribution in [2.75, 3.05) is 18.8 Å². The number of nitrogen functional groups attached to an aromatic ring is 1. The summed E-state index contributed by atoms with van der Waals surface area (Å²) in [6.45, 7) is 0.0910. The van der Waals surface area contributed by atoms with Crippen molar-refractivity contribution in [3.05, 3.63) is 34.9 Å². The van der Waals surface area contributed by atoms with E-state index in [-0.39, 0.29) is 60.9 Å². The summed E-state index contributed by atoms with van der Waals surface area (Å²) < 4.78 is 1.13. The fraction of sp³-hybridized carbons (Fsp3) is 0.471. The number of nitrogens with zero attached hydrogens (tertiary/aromatic N) is 3. The SMILES string of the molecule is Nc1ccn(CC(=O)NCCN2C(=O)[C@@H]3[C@H](C2=O)[C@@H]2C=C[C@H]3C2)c(=O)n1. The van der Waals surface area contributed by atoms with Crippen LogP contribution in [0, 0.1) is 23.7 Å². The van der Waals surface area contributed by atoms with Gasteiger partial charge in [-0.3, -0.25) is 23.9 Å². The topological polar surface area (TPSA) is 127 Å². The Morgan fingerprint density at radius 3 is 2.46 bits per heavy atom. The van der Waals surface area contributed by atoms with Crippen molar-refractivity contribution in [1.29, 1.82) is 0 Å². The quantitative estimate of drug-likeness (QED) is 0.501. The number of aromatic nitrogens is 2. The molecule has 2 aliphatic carbocycles. The number of anilines is 1. The molecule has 2 heterocycles. The van der Waals surface area contributed by atoms with Crippen molar-refractivity contribution < 1.29 is 14.4 Å². The smallest absolute Gasteiger partial charge is 0.349 e. The van der Waals surface area contributed by atoms with Gasteiger partial charge in [0.05, 0.1) is 11.8 Å². The van der Waals surface area contributed by atoms with Crippen LogP contribution in [0.15, 0.2) is 29.2 Å². The first-order valence-corrected chi connectivity index (χ1v) is 8.59. The van der Waals surface area contributed by atoms with Gasteiger partial charge in [-0.15, -0.1) is 0 Å². The zero-order valence-electron chi connectivity index (χ0n) is 14.0. The molecule has 9 nitrogen and oxygen atoms in total. The van der Waals surface area contributed by atoms with Crippen molar-refractivity contribution >= 4 is 23.5 Å². The Bertz CT molecular complexity index is 846. The Morgan fingerprint density at radius 1 is 1.19 bits per heavy atom. The van der Waals surface area contributed by atoms with E-state index < -0.39 is 11.6 Å². The van der Waals surface area contributed by atoms with Gasteiger partial charge < -0.3 is 11.1 Å². The number of imide groups is 1. The molecule has 3 aliphatic rings. The summed E-state index contributed by atoms with van der Waals surface area (Å²) in [4.78, 5) is 53.4. The predicted octanol–water partition coefficient (Wildman–Crippen LogP) is -1.25. The lowest BCUT2D eigenvalue weighted by molar-refractivity contribution is -0.141. The summed E-state index contributed by atoms with van der Waals surface area (Å²) in [6, 6.07) is 1.43. The van der Waals surface area contributed by atoms with E-state index in [1.165, 1.54) is 17.2 Å². The second kappa shape index (κ2) is 6.08. The third-order valence-corrected chi connectivity index (χ3v) is 5.43. The van der Waals surface area contributed by atoms with Crippen LogP contribution in [-0.2, 0) is 20.9 Å². The monoisotopic (exact) mass is 357 g/mol. The van der Waals surface area contributed by atoms with Gasteiger partial charge in [0.25, 0.3) is 0 Å². The van der Waals surface area contributed by atoms with Gasteiger partial charge >= 0.3 is 5.69 Å². The van der Waals surface area contributed by atoms with Crippen LogP contribution in [0.4, 0.5) is 5.82 Å². The fourth-order valence-electron chi connectivity index (χ4n) is 4.26. The highest BCUT2D eigenvalue weighted by atomic mass is 16.2. The third-order valence-electron chi connectivity index (χ3n) is 5.43. The molecule has 1 aromatic heterocycles. The standard InChI is InChI=1S/C17H19N5O4/c18-11-3-5-21(17(26)20-11)8-12(23)19-4-6-22-15(24)13-9-1-2-10(7-9)14(13)16(22)25/h1-3,5,9-10,13-14H,4,6-8H2,(H,19,23)(H2,18,20,26)/t9-,10+,13-,14+. The lowest BCUT2D eigenvalue weighted by Crippen LogP contribution is -2.41. The normalized spacial score (nSPS) is 28.7. The first kappa shape index (κ1) is 16.5. The Morgan fingerprint density at radius 2 is 1.85 bits per heavy atom. The number of carbonyl (C=O) groups excluding carboxylic acids is 3. The summed E-state index contributed by atoms with van der Waals surface area (Å²) in [5.41, 5.74) is 4.79. The maximum atomic E-state index is 12.5. The van der Waals surface area contributed by atoms with E-state index in [0.717, 1.165) is 11.0 Å². The maximum Gasteiger partial charge on any atom is 0.349 e. The molecule has 3 amide bonds. The highest BCUT2D eigenvalue weighted by Gasteiger charge is 2.58. The number of allylic oxidation sites excluding steroid dienone is 2. The number of nitrogens with two attached hydrogens (primary N) is 1. The van der Waals surface area contributed by atoms with E-state index in [4.69, 9.17) is 5.73 Å². The summed E-state index contributed by atoms with van der Waals surface area (Å²) in [5.74, 6) is -0.696. The van der Waals surface area contributed by atoms with E-state index in [0.29, 0.717) is 0 Å². The van der Waals surface area contributed by atoms with Gasteiger partial charge in [-0.05, 0) is 24.3 Å². The average Bonchev–Trinajstić information content (AvgIpc) is 3.27. The molecule has 1 saturated heterocycles. The molecule has 0 spiro atoms. The number of fused-ring (bicyclic) bond motifs is 5. The fourth-order valence-corrected chi connectivity index (χ4v) is 4.26. The van der Waals surface area contributed by atoms with Crippen molar-refractivity contribution in [3.63, 3.8) is 0 Å². The molecule has 0 unspecified atom stereocenters. The van der Waals surface area contributed by atoms with Crippen molar-refractivity contribution in [3.8, 4) is 0 Å². The van der Waals surface area contributed by atoms with Crippen molar-refractivity contribution in [1.82, 2.24) is 19.8 Å². The molecule has 1 aromatic rings.